The van der Waals surface area contributed by atoms with Gasteiger partial charge in [-0.3, -0.25) is 44.3 Å². The number of halogens is 3. The third-order valence-electron chi connectivity index (χ3n) is 19.1. The number of esters is 1. The number of morpholine rings is 1. The summed E-state index contributed by atoms with van der Waals surface area (Å²) in [6.07, 6.45) is 6.31. The van der Waals surface area contributed by atoms with Crippen LogP contribution in [0.25, 0.3) is 33.4 Å². The molecule has 3 aromatic heterocycles. The Morgan fingerprint density at radius 1 is 0.963 bits per heavy atom. The monoisotopic (exact) mass is 1150 g/mol. The van der Waals surface area contributed by atoms with E-state index in [-0.39, 0.29) is 49.3 Å². The normalized spacial score (nSPS) is 27.3. The number of alkyl halides is 3. The molecule has 3 amide bonds. The van der Waals surface area contributed by atoms with Gasteiger partial charge in [-0.25, -0.2) is 10.4 Å². The van der Waals surface area contributed by atoms with Crippen molar-refractivity contribution in [1.29, 1.82) is 0 Å². The van der Waals surface area contributed by atoms with Crippen LogP contribution in [0.3, 0.4) is 0 Å². The van der Waals surface area contributed by atoms with Gasteiger partial charge in [0.2, 0.25) is 11.8 Å². The molecule has 9 heterocycles. The molecule has 9 aliphatic rings. The minimum absolute atomic E-state index is 0.0499. The number of thiazole rings is 1. The molecule has 82 heavy (non-hydrogen) atoms. The fraction of sp³-hybridized carbons (Fsp3) is 0.667. The zero-order valence-electron chi connectivity index (χ0n) is 47.6. The quantitative estimate of drug-likeness (QED) is 0.107. The van der Waals surface area contributed by atoms with Gasteiger partial charge in [0.15, 0.2) is 0 Å². The number of fused-ring (bicyclic) bond motifs is 6. The molecular formula is C60H78F3N11O7S. The highest BCUT2D eigenvalue weighted by Crippen LogP contribution is 2.46. The summed E-state index contributed by atoms with van der Waals surface area (Å²) in [5, 5.41) is 11.2. The Morgan fingerprint density at radius 2 is 1.74 bits per heavy atom. The van der Waals surface area contributed by atoms with Crippen molar-refractivity contribution in [2.75, 3.05) is 84.1 Å². The zero-order valence-corrected chi connectivity index (χ0v) is 48.4. The van der Waals surface area contributed by atoms with Crippen LogP contribution in [0.1, 0.15) is 107 Å². The van der Waals surface area contributed by atoms with Gasteiger partial charge in [-0.15, -0.1) is 11.3 Å². The van der Waals surface area contributed by atoms with E-state index in [1.54, 1.807) is 19.2 Å². The second-order valence-corrected chi connectivity index (χ2v) is 26.8. The summed E-state index contributed by atoms with van der Waals surface area (Å²) in [6, 6.07) is 5.74. The Labute approximate surface area is 481 Å². The molecule has 6 bridgehead atoms. The molecule has 4 aromatic rings. The first-order valence-corrected chi connectivity index (χ1v) is 30.9. The maximum Gasteiger partial charge on any atom is 0.406 e. The van der Waals surface area contributed by atoms with Crippen molar-refractivity contribution in [1.82, 2.24) is 50.3 Å². The maximum atomic E-state index is 15.2. The first-order valence-electron chi connectivity index (χ1n) is 30.1. The van der Waals surface area contributed by atoms with Crippen molar-refractivity contribution in [2.24, 2.45) is 17.3 Å². The number of aromatic nitrogens is 3. The Kier molecular flexibility index (Phi) is 15.0. The highest BCUT2D eigenvalue weighted by Gasteiger charge is 2.58. The lowest BCUT2D eigenvalue weighted by Crippen LogP contribution is -2.73. The Bertz CT molecular complexity index is 3090. The molecule has 0 radical (unpaired) electrons. The maximum absolute atomic E-state index is 15.2. The van der Waals surface area contributed by atoms with Crippen LogP contribution >= 0.6 is 11.3 Å². The van der Waals surface area contributed by atoms with Crippen LogP contribution in [-0.4, -0.2) is 185 Å². The summed E-state index contributed by atoms with van der Waals surface area (Å²) in [5.74, 6) is -0.426. The number of nitrogens with zero attached hydrogens (tertiary/aromatic N) is 8. The summed E-state index contributed by atoms with van der Waals surface area (Å²) >= 11 is 1.35. The van der Waals surface area contributed by atoms with Crippen molar-refractivity contribution in [2.45, 2.75) is 158 Å². The van der Waals surface area contributed by atoms with E-state index in [1.807, 2.05) is 49.4 Å². The average molecular weight is 1150 g/mol. The standard InChI is InChI=1S/C60H78F3N11O7S/c1-35(79-4)49-42(25-40(28-64-49)70-20-18-69(19-21-70)39-14-15-39)53-43-27-58(2,3)34-80-57(78)44-10-7-17-74(68-44)55(76)45(26-48-65-46(29-82-48)38-13-16-47(41(43)24-38)73(53)33-60(61,62)63)66-54(75)52(37-8-5-6-9-37)71-22-23-81-59(30-71)31-72(32-59)56(77)51-50(67-51)36-11-12-36/h13,16,24-25,28-29,35-37,39,44-45,50-52,67-68H,5-12,14-15,17-23,26-27,30-34H2,1-4H3,(H,66,75)/t35-,44-,45-,50?,51+,52?/m0/s1. The third-order valence-corrected chi connectivity index (χ3v) is 19.9. The largest absolute Gasteiger partial charge is 0.464 e. The van der Waals surface area contributed by atoms with E-state index in [9.17, 15) is 9.59 Å². The Morgan fingerprint density at radius 3 is 2.48 bits per heavy atom. The number of amides is 3. The highest BCUT2D eigenvalue weighted by atomic mass is 32.1. The van der Waals surface area contributed by atoms with Crippen LogP contribution in [0.4, 0.5) is 18.9 Å². The topological polar surface area (TPSA) is 189 Å². The lowest BCUT2D eigenvalue weighted by atomic mass is 9.84. The van der Waals surface area contributed by atoms with Gasteiger partial charge in [0.25, 0.3) is 5.91 Å². The molecule has 6 aliphatic heterocycles. The molecule has 2 unspecified atom stereocenters. The third kappa shape index (κ3) is 11.4. The van der Waals surface area contributed by atoms with Crippen molar-refractivity contribution in [3.8, 4) is 22.5 Å². The first-order chi connectivity index (χ1) is 39.4. The summed E-state index contributed by atoms with van der Waals surface area (Å²) in [7, 11) is 1.57. The molecule has 22 heteroatoms. The second kappa shape index (κ2) is 22.0. The molecular weight excluding hydrogens is 1080 g/mol. The predicted molar refractivity (Wildman–Crippen MR) is 303 cm³/mol. The molecule has 1 spiro atoms. The molecule has 5 saturated heterocycles. The number of nitrogens with one attached hydrogen (secondary N) is 3. The number of methoxy groups -OCH3 is 1. The van der Waals surface area contributed by atoms with Crippen molar-refractivity contribution in [3.63, 3.8) is 0 Å². The number of piperazine rings is 1. The van der Waals surface area contributed by atoms with E-state index in [1.165, 1.54) is 46.6 Å². The lowest BCUT2D eigenvalue weighted by Gasteiger charge is -2.55. The number of hydrogen-bond acceptors (Lipinski definition) is 15. The van der Waals surface area contributed by atoms with E-state index in [0.29, 0.717) is 114 Å². The SMILES string of the molecule is CO[C@@H](C)c1ncc(N2CCN(C3CC3)CC2)cc1-c1c2c3cc(ccc3n1CC(F)(F)F)-c1csc(n1)C[C@H](NC(=O)C(C1CCCC1)N1CCOC3(CN(C(=O)[C@@H]4NC4C4CC4)C3)C1)C(=O)N1CCC[C@H](N1)C(=O)OCC(C)(C)C2. The number of pyridine rings is 1. The predicted octanol–water partition coefficient (Wildman–Crippen LogP) is 6.25. The van der Waals surface area contributed by atoms with Gasteiger partial charge >= 0.3 is 12.1 Å². The summed E-state index contributed by atoms with van der Waals surface area (Å²) < 4.78 is 65.5. The number of ether oxygens (including phenoxy) is 3. The van der Waals surface area contributed by atoms with Crippen LogP contribution in [0.15, 0.2) is 35.8 Å². The fourth-order valence-corrected chi connectivity index (χ4v) is 15.2. The number of carbonyl (C=O) groups excluding carboxylic acids is 4. The number of rotatable bonds is 12. The van der Waals surface area contributed by atoms with Gasteiger partial charge in [-0.05, 0) is 100 Å². The van der Waals surface area contributed by atoms with Crippen molar-refractivity contribution >= 4 is 51.6 Å². The Hall–Kier alpha value is -5.23. The molecule has 3 aliphatic carbocycles. The molecule has 18 nitrogen and oxygen atoms in total. The molecule has 3 N–H and O–H groups in total. The summed E-state index contributed by atoms with van der Waals surface area (Å²) in [4.78, 5) is 77.0. The molecule has 3 saturated carbocycles. The minimum atomic E-state index is -4.60. The second-order valence-electron chi connectivity index (χ2n) is 25.9. The smallest absolute Gasteiger partial charge is 0.406 e. The number of carbonyl (C=O) groups is 4. The average Bonchev–Trinajstić information content (AvgIpc) is 4.61. The fourth-order valence-electron chi connectivity index (χ4n) is 14.3. The molecule has 8 fully saturated rings. The van der Waals surface area contributed by atoms with E-state index >= 15 is 22.8 Å². The van der Waals surface area contributed by atoms with Gasteiger partial charge < -0.3 is 33.9 Å². The zero-order chi connectivity index (χ0) is 56.8. The van der Waals surface area contributed by atoms with E-state index in [0.717, 1.165) is 57.5 Å². The van der Waals surface area contributed by atoms with Crippen LogP contribution in [0.5, 0.6) is 0 Å². The Balaban J connectivity index is 0.843. The lowest BCUT2D eigenvalue weighted by molar-refractivity contribution is -0.197. The van der Waals surface area contributed by atoms with Gasteiger partial charge in [-0.2, -0.15) is 13.2 Å². The van der Waals surface area contributed by atoms with Crippen molar-refractivity contribution in [3.05, 3.63) is 52.1 Å². The van der Waals surface area contributed by atoms with E-state index in [4.69, 9.17) is 24.2 Å². The van der Waals surface area contributed by atoms with Crippen molar-refractivity contribution < 1.29 is 46.6 Å². The van der Waals surface area contributed by atoms with Gasteiger partial charge in [0.1, 0.15) is 30.3 Å². The highest BCUT2D eigenvalue weighted by molar-refractivity contribution is 7.10. The minimum Gasteiger partial charge on any atom is -0.464 e. The number of hydrazine groups is 1. The number of benzene rings is 1. The summed E-state index contributed by atoms with van der Waals surface area (Å²) in [6.45, 7) is 10.4. The van der Waals surface area contributed by atoms with Gasteiger partial charge in [0, 0.05) is 104 Å². The van der Waals surface area contributed by atoms with E-state index < -0.39 is 59.8 Å². The first kappa shape index (κ1) is 55.9. The number of likely N-dealkylation sites (tertiary alicyclic amines) is 1. The number of anilines is 1. The van der Waals surface area contributed by atoms with Crippen LogP contribution in [-0.2, 0) is 52.8 Å². The van der Waals surface area contributed by atoms with E-state index in [2.05, 4.69) is 30.8 Å². The molecule has 1 aromatic carbocycles. The summed E-state index contributed by atoms with van der Waals surface area (Å²) in [5.41, 5.74) is 6.34. The molecule has 6 atom stereocenters. The number of cyclic esters (lactones) is 1. The van der Waals surface area contributed by atoms with Gasteiger partial charge in [-0.1, -0.05) is 32.8 Å². The molecule has 13 rings (SSSR count). The van der Waals surface area contributed by atoms with Crippen LogP contribution in [0.2, 0.25) is 0 Å². The van der Waals surface area contributed by atoms with Crippen LogP contribution < -0.4 is 21.0 Å². The molecule has 442 valence electrons. The van der Waals surface area contributed by atoms with Gasteiger partial charge in [0.05, 0.1) is 72.4 Å². The number of hydrogen-bond donors (Lipinski definition) is 3. The van der Waals surface area contributed by atoms with Crippen LogP contribution in [0, 0.1) is 17.3 Å².